The third-order valence-electron chi connectivity index (χ3n) is 6.22. The summed E-state index contributed by atoms with van der Waals surface area (Å²) in [5.74, 6) is 0.711. The molecule has 0 radical (unpaired) electrons. The van der Waals surface area contributed by atoms with Crippen molar-refractivity contribution in [1.29, 1.82) is 5.26 Å². The molecule has 2 aromatic heterocycles. The summed E-state index contributed by atoms with van der Waals surface area (Å²) in [5, 5.41) is 9.76. The van der Waals surface area contributed by atoms with Crippen LogP contribution < -0.4 is 5.56 Å². The maximum absolute atomic E-state index is 13.8. The second-order valence-corrected chi connectivity index (χ2v) is 8.41. The molecule has 6 rings (SSSR count). The Balaban J connectivity index is 1.71. The zero-order chi connectivity index (χ0) is 24.5. The molecular formula is C31H20N4O. The van der Waals surface area contributed by atoms with Gasteiger partial charge in [0.2, 0.25) is 0 Å². The van der Waals surface area contributed by atoms with Gasteiger partial charge in [-0.1, -0.05) is 66.7 Å². The van der Waals surface area contributed by atoms with Gasteiger partial charge in [-0.2, -0.15) is 5.26 Å². The lowest BCUT2D eigenvalue weighted by atomic mass is 10.00. The van der Waals surface area contributed by atoms with Crippen LogP contribution >= 0.6 is 0 Å². The van der Waals surface area contributed by atoms with Crippen LogP contribution in [0.2, 0.25) is 0 Å². The molecule has 0 aliphatic rings. The average Bonchev–Trinajstić information content (AvgIpc) is 3.34. The van der Waals surface area contributed by atoms with Gasteiger partial charge in [-0.3, -0.25) is 13.9 Å². The molecule has 0 bridgehead atoms. The summed E-state index contributed by atoms with van der Waals surface area (Å²) in [6, 6.07) is 38.8. The average molecular weight is 465 g/mol. The van der Waals surface area contributed by atoms with Gasteiger partial charge in [-0.25, -0.2) is 4.98 Å². The van der Waals surface area contributed by atoms with Crippen molar-refractivity contribution in [3.8, 4) is 40.0 Å². The van der Waals surface area contributed by atoms with Gasteiger partial charge in [0.15, 0.2) is 0 Å². The predicted molar refractivity (Wildman–Crippen MR) is 142 cm³/mol. The summed E-state index contributed by atoms with van der Waals surface area (Å²) < 4.78 is 3.73. The van der Waals surface area contributed by atoms with Crippen LogP contribution in [0.25, 0.3) is 44.9 Å². The normalized spacial score (nSPS) is 10.9. The zero-order valence-corrected chi connectivity index (χ0v) is 19.2. The number of nitriles is 1. The summed E-state index contributed by atoms with van der Waals surface area (Å²) in [6.45, 7) is 0. The molecule has 0 aliphatic carbocycles. The van der Waals surface area contributed by atoms with Crippen molar-refractivity contribution in [1.82, 2.24) is 14.1 Å². The minimum atomic E-state index is -0.199. The van der Waals surface area contributed by atoms with Gasteiger partial charge in [0.05, 0.1) is 22.7 Å². The molecule has 0 amide bonds. The van der Waals surface area contributed by atoms with E-state index >= 15 is 0 Å². The van der Waals surface area contributed by atoms with Crippen LogP contribution in [0.3, 0.4) is 0 Å². The summed E-state index contributed by atoms with van der Waals surface area (Å²) in [6.07, 6.45) is 1.83. The first-order valence-corrected chi connectivity index (χ1v) is 11.6. The van der Waals surface area contributed by atoms with Crippen LogP contribution in [0.1, 0.15) is 5.56 Å². The molecule has 0 atom stereocenters. The molecule has 6 aromatic rings. The highest BCUT2D eigenvalue weighted by Crippen LogP contribution is 2.31. The first-order chi connectivity index (χ1) is 17.7. The first-order valence-electron chi connectivity index (χ1n) is 11.6. The van der Waals surface area contributed by atoms with E-state index in [0.717, 1.165) is 28.0 Å². The number of pyridine rings is 1. The fourth-order valence-electron chi connectivity index (χ4n) is 4.55. The number of nitrogens with zero attached hydrogens (tertiary/aromatic N) is 4. The van der Waals surface area contributed by atoms with E-state index in [1.165, 1.54) is 0 Å². The van der Waals surface area contributed by atoms with Crippen molar-refractivity contribution in [3.63, 3.8) is 0 Å². The number of rotatable bonds is 4. The van der Waals surface area contributed by atoms with Crippen molar-refractivity contribution in [2.75, 3.05) is 0 Å². The summed E-state index contributed by atoms with van der Waals surface area (Å²) >= 11 is 0. The number of para-hydroxylation sites is 4. The fourth-order valence-corrected chi connectivity index (χ4v) is 4.55. The van der Waals surface area contributed by atoms with E-state index in [0.29, 0.717) is 22.5 Å². The highest BCUT2D eigenvalue weighted by molar-refractivity contribution is 5.84. The monoisotopic (exact) mass is 464 g/mol. The smallest absolute Gasteiger partial charge is 0.263 e. The molecular weight excluding hydrogens is 444 g/mol. The Morgan fingerprint density at radius 1 is 0.694 bits per heavy atom. The number of fused-ring (bicyclic) bond motifs is 1. The molecule has 0 unspecified atom stereocenters. The lowest BCUT2D eigenvalue weighted by molar-refractivity contribution is 0.986. The number of benzene rings is 4. The van der Waals surface area contributed by atoms with Crippen LogP contribution in [-0.4, -0.2) is 14.1 Å². The third-order valence-corrected chi connectivity index (χ3v) is 6.22. The fraction of sp³-hybridized carbons (Fsp3) is 0. The number of hydrogen-bond donors (Lipinski definition) is 0. The molecule has 5 heteroatoms. The molecule has 5 nitrogen and oxygen atoms in total. The van der Waals surface area contributed by atoms with Gasteiger partial charge in [0, 0.05) is 34.3 Å². The van der Waals surface area contributed by atoms with E-state index in [-0.39, 0.29) is 5.56 Å². The Morgan fingerprint density at radius 2 is 1.33 bits per heavy atom. The Bertz CT molecular complexity index is 1810. The van der Waals surface area contributed by atoms with Gasteiger partial charge in [-0.15, -0.1) is 0 Å². The quantitative estimate of drug-likeness (QED) is 0.304. The molecule has 170 valence electrons. The van der Waals surface area contributed by atoms with Crippen molar-refractivity contribution in [2.45, 2.75) is 0 Å². The lowest BCUT2D eigenvalue weighted by Crippen LogP contribution is -2.20. The second-order valence-electron chi connectivity index (χ2n) is 8.41. The van der Waals surface area contributed by atoms with E-state index in [4.69, 9.17) is 4.98 Å². The molecule has 0 aliphatic heterocycles. The summed E-state index contributed by atoms with van der Waals surface area (Å²) in [4.78, 5) is 18.8. The highest BCUT2D eigenvalue weighted by atomic mass is 16.1. The number of imidazole rings is 1. The summed E-state index contributed by atoms with van der Waals surface area (Å²) in [5.41, 5.74) is 5.58. The SMILES string of the molecule is N#Cc1ccccc1-c1cc(-c2nc3ccccc3n2-c2ccccc2)cn(-c2ccccc2)c1=O. The van der Waals surface area contributed by atoms with Gasteiger partial charge >= 0.3 is 0 Å². The van der Waals surface area contributed by atoms with Crippen LogP contribution in [0.4, 0.5) is 0 Å². The minimum absolute atomic E-state index is 0.199. The molecule has 2 heterocycles. The third kappa shape index (κ3) is 3.58. The zero-order valence-electron chi connectivity index (χ0n) is 19.2. The van der Waals surface area contributed by atoms with Crippen LogP contribution in [0.15, 0.2) is 126 Å². The van der Waals surface area contributed by atoms with Gasteiger partial charge in [0.25, 0.3) is 5.56 Å². The Morgan fingerprint density at radius 3 is 2.08 bits per heavy atom. The highest BCUT2D eigenvalue weighted by Gasteiger charge is 2.19. The van der Waals surface area contributed by atoms with E-state index < -0.39 is 0 Å². The standard InChI is InChI=1S/C31H20N4O/c32-20-22-11-7-8-16-26(22)27-19-23(21-34(31(27)36)24-12-3-1-4-13-24)30-33-28-17-9-10-18-29(28)35(30)25-14-5-2-6-15-25/h1-19,21H. The number of hydrogen-bond acceptors (Lipinski definition) is 3. The number of aromatic nitrogens is 3. The molecule has 0 fully saturated rings. The Hall–Kier alpha value is -5.21. The molecule has 0 saturated carbocycles. The first kappa shape index (κ1) is 21.3. The van der Waals surface area contributed by atoms with Crippen LogP contribution in [0.5, 0.6) is 0 Å². The second kappa shape index (κ2) is 8.86. The van der Waals surface area contributed by atoms with Crippen molar-refractivity contribution >= 4 is 11.0 Å². The molecule has 0 N–H and O–H groups in total. The maximum atomic E-state index is 13.8. The van der Waals surface area contributed by atoms with E-state index in [1.807, 2.05) is 109 Å². The van der Waals surface area contributed by atoms with E-state index in [1.54, 1.807) is 16.7 Å². The van der Waals surface area contributed by atoms with Gasteiger partial charge in [-0.05, 0) is 48.5 Å². The van der Waals surface area contributed by atoms with E-state index in [2.05, 4.69) is 10.6 Å². The lowest BCUT2D eigenvalue weighted by Gasteiger charge is -2.14. The Labute approximate surface area is 207 Å². The van der Waals surface area contributed by atoms with Gasteiger partial charge in [0.1, 0.15) is 5.82 Å². The van der Waals surface area contributed by atoms with Crippen molar-refractivity contribution in [2.24, 2.45) is 0 Å². The molecule has 0 saturated heterocycles. The van der Waals surface area contributed by atoms with Gasteiger partial charge < -0.3 is 0 Å². The largest absolute Gasteiger partial charge is 0.292 e. The summed E-state index contributed by atoms with van der Waals surface area (Å²) in [7, 11) is 0. The minimum Gasteiger partial charge on any atom is -0.292 e. The van der Waals surface area contributed by atoms with Crippen molar-refractivity contribution < 1.29 is 0 Å². The molecule has 36 heavy (non-hydrogen) atoms. The molecule has 4 aromatic carbocycles. The Kier molecular flexibility index (Phi) is 5.25. The van der Waals surface area contributed by atoms with Crippen LogP contribution in [0, 0.1) is 11.3 Å². The maximum Gasteiger partial charge on any atom is 0.263 e. The predicted octanol–water partition coefficient (Wildman–Crippen LogP) is 6.38. The van der Waals surface area contributed by atoms with Crippen molar-refractivity contribution in [3.05, 3.63) is 137 Å². The van der Waals surface area contributed by atoms with E-state index in [9.17, 15) is 10.1 Å². The molecule has 0 spiro atoms. The topological polar surface area (TPSA) is 63.6 Å². The van der Waals surface area contributed by atoms with Crippen LogP contribution in [-0.2, 0) is 0 Å².